The van der Waals surface area contributed by atoms with Gasteiger partial charge in [-0.2, -0.15) is 0 Å². The first-order valence-electron chi connectivity index (χ1n) is 5.68. The summed E-state index contributed by atoms with van der Waals surface area (Å²) in [6.45, 7) is 1.08. The lowest BCUT2D eigenvalue weighted by Gasteiger charge is -2.06. The van der Waals surface area contributed by atoms with E-state index in [4.69, 9.17) is 5.11 Å². The molecule has 0 radical (unpaired) electrons. The van der Waals surface area contributed by atoms with Crippen molar-refractivity contribution in [3.63, 3.8) is 0 Å². The first-order chi connectivity index (χ1) is 9.06. The minimum absolute atomic E-state index is 0.362. The smallest absolute Gasteiger partial charge is 0.187 e. The predicted octanol–water partition coefficient (Wildman–Crippen LogP) is 3.83. The van der Waals surface area contributed by atoms with Crippen molar-refractivity contribution in [1.29, 1.82) is 0 Å². The minimum Gasteiger partial charge on any atom is -0.503 e. The summed E-state index contributed by atoms with van der Waals surface area (Å²) in [7, 11) is 0. The summed E-state index contributed by atoms with van der Waals surface area (Å²) in [5.41, 5.74) is 0.472. The molecular formula is C13H12BrF2NOS. The van der Waals surface area contributed by atoms with Crippen LogP contribution in [0, 0.1) is 11.6 Å². The quantitative estimate of drug-likeness (QED) is 0.805. The lowest BCUT2D eigenvalue weighted by Crippen LogP contribution is -2.16. The third-order valence-electron chi connectivity index (χ3n) is 2.58. The number of halogens is 3. The molecule has 0 unspecified atom stereocenters. The summed E-state index contributed by atoms with van der Waals surface area (Å²) in [4.78, 5) is 1.24. The van der Waals surface area contributed by atoms with Crippen LogP contribution >= 0.6 is 27.3 Å². The Hall–Kier alpha value is -0.980. The third-order valence-corrected chi connectivity index (χ3v) is 4.27. The molecule has 1 aromatic heterocycles. The van der Waals surface area contributed by atoms with Crippen molar-refractivity contribution in [2.45, 2.75) is 13.0 Å². The molecule has 0 amide bonds. The highest BCUT2D eigenvalue weighted by Crippen LogP contribution is 2.22. The second-order valence-electron chi connectivity index (χ2n) is 4.04. The molecule has 2 N–H and O–H groups in total. The predicted molar refractivity (Wildman–Crippen MR) is 75.5 cm³/mol. The molecule has 2 aromatic rings. The molecule has 0 atom stereocenters. The Balaban J connectivity index is 1.83. The molecular weight excluding hydrogens is 336 g/mol. The molecule has 2 rings (SSSR count). The topological polar surface area (TPSA) is 32.3 Å². The Bertz CT molecular complexity index is 551. The molecule has 1 aromatic carbocycles. The fourth-order valence-corrected chi connectivity index (χ4v) is 3.13. The highest BCUT2D eigenvalue weighted by Gasteiger charge is 2.09. The Kier molecular flexibility index (Phi) is 4.90. The Labute approximate surface area is 122 Å². The second-order valence-corrected chi connectivity index (χ2v) is 6.59. The Morgan fingerprint density at radius 3 is 2.47 bits per heavy atom. The zero-order chi connectivity index (χ0) is 13.8. The minimum atomic E-state index is -0.931. The van der Waals surface area contributed by atoms with Crippen molar-refractivity contribution in [2.75, 3.05) is 6.54 Å². The molecule has 1 heterocycles. The van der Waals surface area contributed by atoms with Gasteiger partial charge in [0.05, 0.1) is 3.79 Å². The Morgan fingerprint density at radius 1 is 1.21 bits per heavy atom. The lowest BCUT2D eigenvalue weighted by molar-refractivity contribution is 0.395. The van der Waals surface area contributed by atoms with Gasteiger partial charge in [-0.3, -0.25) is 0 Å². The van der Waals surface area contributed by atoms with Gasteiger partial charge in [-0.1, -0.05) is 0 Å². The van der Waals surface area contributed by atoms with Crippen LogP contribution in [0.5, 0.6) is 5.75 Å². The number of benzene rings is 1. The van der Waals surface area contributed by atoms with Crippen LogP contribution in [0.1, 0.15) is 10.4 Å². The average Bonchev–Trinajstić information content (AvgIpc) is 2.77. The molecule has 102 valence electrons. The van der Waals surface area contributed by atoms with E-state index in [1.165, 1.54) is 4.88 Å². The van der Waals surface area contributed by atoms with E-state index in [0.29, 0.717) is 12.1 Å². The fourth-order valence-electron chi connectivity index (χ4n) is 1.65. The summed E-state index contributed by atoms with van der Waals surface area (Å²) < 4.78 is 27.3. The number of thiophene rings is 1. The van der Waals surface area contributed by atoms with Crippen molar-refractivity contribution in [3.05, 3.63) is 50.1 Å². The van der Waals surface area contributed by atoms with Gasteiger partial charge in [0.2, 0.25) is 0 Å². The summed E-state index contributed by atoms with van der Waals surface area (Å²) >= 11 is 5.06. The molecule has 6 heteroatoms. The maximum atomic E-state index is 13.1. The van der Waals surface area contributed by atoms with Crippen LogP contribution in [0.3, 0.4) is 0 Å². The molecule has 0 saturated heterocycles. The largest absolute Gasteiger partial charge is 0.503 e. The zero-order valence-corrected chi connectivity index (χ0v) is 12.3. The summed E-state index contributed by atoms with van der Waals surface area (Å²) in [5, 5.41) is 12.1. The highest BCUT2D eigenvalue weighted by atomic mass is 79.9. The molecule has 0 spiro atoms. The highest BCUT2D eigenvalue weighted by molar-refractivity contribution is 9.11. The van der Waals surface area contributed by atoms with E-state index in [1.807, 2.05) is 12.1 Å². The molecule has 0 fully saturated rings. The number of rotatable bonds is 5. The number of nitrogens with one attached hydrogen (secondary N) is 1. The fraction of sp³-hybridized carbons (Fsp3) is 0.231. The van der Waals surface area contributed by atoms with Crippen LogP contribution in [0.4, 0.5) is 8.78 Å². The van der Waals surface area contributed by atoms with E-state index >= 15 is 0 Å². The summed E-state index contributed by atoms with van der Waals surface area (Å²) in [5.74, 6) is -2.79. The third kappa shape index (κ3) is 3.99. The van der Waals surface area contributed by atoms with Crippen LogP contribution < -0.4 is 5.32 Å². The van der Waals surface area contributed by atoms with Crippen LogP contribution in [-0.2, 0) is 13.0 Å². The van der Waals surface area contributed by atoms with E-state index in [0.717, 1.165) is 28.9 Å². The van der Waals surface area contributed by atoms with Crippen molar-refractivity contribution < 1.29 is 13.9 Å². The van der Waals surface area contributed by atoms with Crippen LogP contribution in [0.25, 0.3) is 0 Å². The van der Waals surface area contributed by atoms with E-state index in [2.05, 4.69) is 21.2 Å². The number of phenolic OH excluding ortho intramolecular Hbond substituents is 1. The van der Waals surface area contributed by atoms with Gasteiger partial charge in [-0.25, -0.2) is 8.78 Å². The monoisotopic (exact) mass is 347 g/mol. The van der Waals surface area contributed by atoms with Gasteiger partial charge in [-0.15, -0.1) is 11.3 Å². The van der Waals surface area contributed by atoms with Crippen LogP contribution in [0.15, 0.2) is 28.1 Å². The van der Waals surface area contributed by atoms with Crippen molar-refractivity contribution in [3.8, 4) is 5.75 Å². The van der Waals surface area contributed by atoms with Gasteiger partial charge in [0, 0.05) is 18.0 Å². The molecule has 0 saturated carbocycles. The van der Waals surface area contributed by atoms with E-state index in [-0.39, 0.29) is 0 Å². The zero-order valence-electron chi connectivity index (χ0n) is 9.92. The first-order valence-corrected chi connectivity index (χ1v) is 7.29. The van der Waals surface area contributed by atoms with Gasteiger partial charge in [0.15, 0.2) is 17.4 Å². The molecule has 0 aliphatic rings. The van der Waals surface area contributed by atoms with E-state index < -0.39 is 17.4 Å². The molecule has 0 aliphatic heterocycles. The van der Waals surface area contributed by atoms with Gasteiger partial charge in [-0.05, 0) is 52.2 Å². The standard InChI is InChI=1S/C13H12BrF2NOS/c14-12-2-1-9(19-12)3-4-17-7-8-5-10(15)13(18)11(16)6-8/h1-2,5-6,17-18H,3-4,7H2. The van der Waals surface area contributed by atoms with Crippen LogP contribution in [0.2, 0.25) is 0 Å². The first kappa shape index (κ1) is 14.4. The summed E-state index contributed by atoms with van der Waals surface area (Å²) in [6.07, 6.45) is 0.860. The van der Waals surface area contributed by atoms with Crippen LogP contribution in [-0.4, -0.2) is 11.7 Å². The van der Waals surface area contributed by atoms with E-state index in [9.17, 15) is 8.78 Å². The van der Waals surface area contributed by atoms with Gasteiger partial charge in [0.1, 0.15) is 0 Å². The van der Waals surface area contributed by atoms with Gasteiger partial charge in [0.25, 0.3) is 0 Å². The SMILES string of the molecule is Oc1c(F)cc(CNCCc2ccc(Br)s2)cc1F. The molecule has 2 nitrogen and oxygen atoms in total. The molecule has 0 bridgehead atoms. The van der Waals surface area contributed by atoms with Crippen molar-refractivity contribution in [1.82, 2.24) is 5.32 Å². The molecule has 19 heavy (non-hydrogen) atoms. The summed E-state index contributed by atoms with van der Waals surface area (Å²) in [6, 6.07) is 6.29. The number of hydrogen-bond donors (Lipinski definition) is 2. The maximum Gasteiger partial charge on any atom is 0.187 e. The van der Waals surface area contributed by atoms with Crippen molar-refractivity contribution in [2.24, 2.45) is 0 Å². The average molecular weight is 348 g/mol. The normalized spacial score (nSPS) is 10.9. The number of hydrogen-bond acceptors (Lipinski definition) is 3. The van der Waals surface area contributed by atoms with Gasteiger partial charge >= 0.3 is 0 Å². The van der Waals surface area contributed by atoms with Gasteiger partial charge < -0.3 is 10.4 Å². The number of phenols is 1. The molecule has 0 aliphatic carbocycles. The second kappa shape index (κ2) is 6.45. The Morgan fingerprint density at radius 2 is 1.89 bits per heavy atom. The van der Waals surface area contributed by atoms with E-state index in [1.54, 1.807) is 11.3 Å². The van der Waals surface area contributed by atoms with Crippen molar-refractivity contribution >= 4 is 27.3 Å². The maximum absolute atomic E-state index is 13.1. The number of aromatic hydroxyl groups is 1. The lowest BCUT2D eigenvalue weighted by atomic mass is 10.2.